The maximum Gasteiger partial charge on any atom is 0.416 e. The third-order valence-electron chi connectivity index (χ3n) is 5.44. The largest absolute Gasteiger partial charge is 0.416 e. The predicted octanol–water partition coefficient (Wildman–Crippen LogP) is 3.66. The van der Waals surface area contributed by atoms with Gasteiger partial charge in [-0.05, 0) is 31.4 Å². The number of aryl methyl sites for hydroxylation is 1. The van der Waals surface area contributed by atoms with Gasteiger partial charge in [-0.1, -0.05) is 18.2 Å². The fraction of sp³-hybridized carbons (Fsp3) is 0.474. The molecule has 1 aromatic heterocycles. The van der Waals surface area contributed by atoms with E-state index in [9.17, 15) is 18.0 Å². The molecule has 0 aliphatic carbocycles. The Morgan fingerprint density at radius 2 is 1.96 bits per heavy atom. The van der Waals surface area contributed by atoms with Crippen LogP contribution in [0, 0.1) is 6.92 Å². The van der Waals surface area contributed by atoms with Gasteiger partial charge in [-0.25, -0.2) is 9.78 Å². The summed E-state index contributed by atoms with van der Waals surface area (Å²) < 4.78 is 40.3. The lowest BCUT2D eigenvalue weighted by atomic mass is 10.0. The smallest absolute Gasteiger partial charge is 0.315 e. The zero-order valence-corrected chi connectivity index (χ0v) is 15.0. The van der Waals surface area contributed by atoms with E-state index in [2.05, 4.69) is 9.88 Å². The van der Waals surface area contributed by atoms with Gasteiger partial charge in [-0.15, -0.1) is 0 Å². The SMILES string of the molecule is Cc1ncc2n1C(=O)N(C1CCN(Cc3cccc(C(F)(F)F)c3)CC1)C2. The van der Waals surface area contributed by atoms with Crippen LogP contribution in [0.5, 0.6) is 0 Å². The molecule has 1 amide bonds. The van der Waals surface area contributed by atoms with Gasteiger partial charge in [0.15, 0.2) is 0 Å². The van der Waals surface area contributed by atoms with Crippen molar-refractivity contribution in [1.82, 2.24) is 19.4 Å². The fourth-order valence-electron chi connectivity index (χ4n) is 4.01. The van der Waals surface area contributed by atoms with Crippen molar-refractivity contribution in [1.29, 1.82) is 0 Å². The first-order valence-electron chi connectivity index (χ1n) is 9.05. The molecule has 3 heterocycles. The number of carbonyl (C=O) groups is 1. The molecule has 5 nitrogen and oxygen atoms in total. The Labute approximate surface area is 155 Å². The molecule has 1 saturated heterocycles. The number of fused-ring (bicyclic) bond motifs is 1. The first kappa shape index (κ1) is 18.0. The van der Waals surface area contributed by atoms with Gasteiger partial charge in [0.1, 0.15) is 5.82 Å². The van der Waals surface area contributed by atoms with Crippen LogP contribution in [0.2, 0.25) is 0 Å². The number of nitrogens with zero attached hydrogens (tertiary/aromatic N) is 4. The number of rotatable bonds is 3. The molecule has 0 N–H and O–H groups in total. The normalized spacial score (nSPS) is 19.0. The lowest BCUT2D eigenvalue weighted by Crippen LogP contribution is -2.45. The van der Waals surface area contributed by atoms with Crippen LogP contribution >= 0.6 is 0 Å². The number of amides is 1. The average Bonchev–Trinajstić information content (AvgIpc) is 3.16. The number of likely N-dealkylation sites (tertiary alicyclic amines) is 1. The molecule has 144 valence electrons. The Balaban J connectivity index is 1.36. The Hall–Kier alpha value is -2.35. The van der Waals surface area contributed by atoms with Gasteiger partial charge in [0.05, 0.1) is 24.0 Å². The summed E-state index contributed by atoms with van der Waals surface area (Å²) in [6.07, 6.45) is -0.928. The second-order valence-electron chi connectivity index (χ2n) is 7.25. The van der Waals surface area contributed by atoms with Crippen molar-refractivity contribution in [3.8, 4) is 0 Å². The summed E-state index contributed by atoms with van der Waals surface area (Å²) in [5.74, 6) is 0.708. The van der Waals surface area contributed by atoms with E-state index in [0.717, 1.165) is 37.7 Å². The number of carbonyl (C=O) groups excluding carboxylic acids is 1. The van der Waals surface area contributed by atoms with Gasteiger partial charge >= 0.3 is 12.2 Å². The number of aromatic nitrogens is 2. The van der Waals surface area contributed by atoms with E-state index in [0.29, 0.717) is 24.5 Å². The molecular formula is C19H21F3N4O. The fourth-order valence-corrected chi connectivity index (χ4v) is 4.01. The summed E-state index contributed by atoms with van der Waals surface area (Å²) in [6, 6.07) is 5.65. The Bertz CT molecular complexity index is 853. The van der Waals surface area contributed by atoms with E-state index < -0.39 is 11.7 Å². The minimum absolute atomic E-state index is 0.0173. The van der Waals surface area contributed by atoms with Crippen LogP contribution < -0.4 is 0 Å². The van der Waals surface area contributed by atoms with Crippen molar-refractivity contribution in [3.63, 3.8) is 0 Å². The van der Waals surface area contributed by atoms with Gasteiger partial charge in [-0.2, -0.15) is 13.2 Å². The molecule has 1 aromatic carbocycles. The molecular weight excluding hydrogens is 357 g/mol. The van der Waals surface area contributed by atoms with Crippen molar-refractivity contribution in [2.75, 3.05) is 13.1 Å². The van der Waals surface area contributed by atoms with E-state index in [1.165, 1.54) is 12.1 Å². The number of imidazole rings is 1. The highest BCUT2D eigenvalue weighted by molar-refractivity contribution is 5.81. The molecule has 0 atom stereocenters. The second-order valence-corrected chi connectivity index (χ2v) is 7.25. The van der Waals surface area contributed by atoms with Gasteiger partial charge in [-0.3, -0.25) is 9.47 Å². The van der Waals surface area contributed by atoms with Crippen LogP contribution in [0.1, 0.15) is 35.5 Å². The minimum atomic E-state index is -4.32. The molecule has 0 unspecified atom stereocenters. The number of benzene rings is 1. The van der Waals surface area contributed by atoms with Crippen LogP contribution in [0.3, 0.4) is 0 Å². The number of piperidine rings is 1. The maximum absolute atomic E-state index is 12.9. The molecule has 0 radical (unpaired) electrons. The van der Waals surface area contributed by atoms with E-state index in [4.69, 9.17) is 0 Å². The number of alkyl halides is 3. The van der Waals surface area contributed by atoms with Gasteiger partial charge in [0.2, 0.25) is 0 Å². The van der Waals surface area contributed by atoms with Gasteiger partial charge < -0.3 is 4.90 Å². The number of hydrogen-bond donors (Lipinski definition) is 0. The quantitative estimate of drug-likeness (QED) is 0.819. The summed E-state index contributed by atoms with van der Waals surface area (Å²) in [6.45, 7) is 4.42. The molecule has 2 aliphatic rings. The highest BCUT2D eigenvalue weighted by Crippen LogP contribution is 2.30. The molecule has 0 spiro atoms. The zero-order valence-electron chi connectivity index (χ0n) is 15.0. The first-order valence-corrected chi connectivity index (χ1v) is 9.05. The lowest BCUT2D eigenvalue weighted by molar-refractivity contribution is -0.137. The van der Waals surface area contributed by atoms with Crippen molar-refractivity contribution >= 4 is 6.03 Å². The maximum atomic E-state index is 12.9. The molecule has 0 bridgehead atoms. The average molecular weight is 378 g/mol. The summed E-state index contributed by atoms with van der Waals surface area (Å²) >= 11 is 0. The van der Waals surface area contributed by atoms with Crippen molar-refractivity contribution in [3.05, 3.63) is 53.1 Å². The Morgan fingerprint density at radius 1 is 1.22 bits per heavy atom. The van der Waals surface area contributed by atoms with Crippen LogP contribution in [-0.4, -0.2) is 44.5 Å². The van der Waals surface area contributed by atoms with Crippen LogP contribution in [0.4, 0.5) is 18.0 Å². The van der Waals surface area contributed by atoms with E-state index in [1.54, 1.807) is 16.8 Å². The first-order chi connectivity index (χ1) is 12.8. The monoisotopic (exact) mass is 378 g/mol. The summed E-state index contributed by atoms with van der Waals surface area (Å²) in [5, 5.41) is 0. The standard InChI is InChI=1S/C19H21F3N4O/c1-13-23-10-17-12-25(18(27)26(13)17)16-5-7-24(8-6-16)11-14-3-2-4-15(9-14)19(20,21)22/h2-4,9-10,16H,5-8,11-12H2,1H3. The van der Waals surface area contributed by atoms with Gasteiger partial charge in [0, 0.05) is 25.7 Å². The van der Waals surface area contributed by atoms with Gasteiger partial charge in [0.25, 0.3) is 0 Å². The Kier molecular flexibility index (Phi) is 4.46. The number of hydrogen-bond acceptors (Lipinski definition) is 3. The molecule has 0 saturated carbocycles. The zero-order chi connectivity index (χ0) is 19.2. The van der Waals surface area contributed by atoms with E-state index >= 15 is 0 Å². The summed E-state index contributed by atoms with van der Waals surface area (Å²) in [7, 11) is 0. The lowest BCUT2D eigenvalue weighted by Gasteiger charge is -2.36. The molecule has 27 heavy (non-hydrogen) atoms. The molecule has 1 fully saturated rings. The van der Waals surface area contributed by atoms with Crippen LogP contribution in [-0.2, 0) is 19.3 Å². The third-order valence-corrected chi connectivity index (χ3v) is 5.44. The molecule has 2 aliphatic heterocycles. The van der Waals surface area contributed by atoms with E-state index in [-0.39, 0.29) is 12.1 Å². The third kappa shape index (κ3) is 3.45. The highest BCUT2D eigenvalue weighted by Gasteiger charge is 2.35. The molecule has 4 rings (SSSR count). The topological polar surface area (TPSA) is 41.4 Å². The number of halogens is 3. The predicted molar refractivity (Wildman–Crippen MR) is 93.0 cm³/mol. The highest BCUT2D eigenvalue weighted by atomic mass is 19.4. The van der Waals surface area contributed by atoms with E-state index in [1.807, 2.05) is 11.8 Å². The van der Waals surface area contributed by atoms with Crippen molar-refractivity contribution in [2.45, 2.75) is 45.1 Å². The van der Waals surface area contributed by atoms with Crippen molar-refractivity contribution < 1.29 is 18.0 Å². The molecule has 2 aromatic rings. The Morgan fingerprint density at radius 3 is 2.63 bits per heavy atom. The second kappa shape index (κ2) is 6.67. The summed E-state index contributed by atoms with van der Waals surface area (Å²) in [4.78, 5) is 20.8. The van der Waals surface area contributed by atoms with Crippen molar-refractivity contribution in [2.24, 2.45) is 0 Å². The molecule has 8 heteroatoms. The minimum Gasteiger partial charge on any atom is -0.315 e. The summed E-state index contributed by atoms with van der Waals surface area (Å²) in [5.41, 5.74) is 0.977. The van der Waals surface area contributed by atoms with Crippen LogP contribution in [0.25, 0.3) is 0 Å². The van der Waals surface area contributed by atoms with Crippen LogP contribution in [0.15, 0.2) is 30.5 Å².